The zero-order valence-corrected chi connectivity index (χ0v) is 17.5. The molecule has 0 radical (unpaired) electrons. The van der Waals surface area contributed by atoms with Gasteiger partial charge in [0.1, 0.15) is 6.54 Å². The van der Waals surface area contributed by atoms with Crippen LogP contribution in [0.25, 0.3) is 0 Å². The minimum absolute atomic E-state index is 0.103. The number of likely N-dealkylation sites (tertiary alicyclic amines) is 1. The number of amides is 1. The van der Waals surface area contributed by atoms with Crippen LogP contribution in [0.3, 0.4) is 0 Å². The van der Waals surface area contributed by atoms with Gasteiger partial charge in [-0.15, -0.1) is 0 Å². The van der Waals surface area contributed by atoms with Gasteiger partial charge in [0, 0.05) is 49.7 Å². The van der Waals surface area contributed by atoms with Gasteiger partial charge in [-0.3, -0.25) is 9.48 Å². The van der Waals surface area contributed by atoms with Crippen LogP contribution in [0.15, 0.2) is 47.7 Å². The first-order chi connectivity index (χ1) is 14.7. The Morgan fingerprint density at radius 3 is 3.03 bits per heavy atom. The molecule has 1 spiro atoms. The van der Waals surface area contributed by atoms with Crippen LogP contribution in [-0.4, -0.2) is 59.4 Å². The van der Waals surface area contributed by atoms with Gasteiger partial charge in [-0.2, -0.15) is 5.10 Å². The van der Waals surface area contributed by atoms with Crippen LogP contribution in [0.2, 0.25) is 0 Å². The summed E-state index contributed by atoms with van der Waals surface area (Å²) in [4.78, 5) is 19.4. The van der Waals surface area contributed by atoms with Gasteiger partial charge in [0.05, 0.1) is 13.2 Å². The molecular formula is C22H30N6O2. The molecule has 1 aromatic carbocycles. The van der Waals surface area contributed by atoms with E-state index in [1.165, 1.54) is 0 Å². The summed E-state index contributed by atoms with van der Waals surface area (Å²) in [6.07, 6.45) is 5.74. The lowest BCUT2D eigenvalue weighted by Crippen LogP contribution is -2.41. The molecule has 1 atom stereocenters. The Morgan fingerprint density at radius 2 is 2.27 bits per heavy atom. The number of aromatic nitrogens is 2. The number of nitrogens with zero attached hydrogens (tertiary/aromatic N) is 4. The molecule has 2 aliphatic rings. The fourth-order valence-corrected chi connectivity index (χ4v) is 4.17. The van der Waals surface area contributed by atoms with Crippen molar-refractivity contribution in [3.05, 3.63) is 48.3 Å². The molecule has 0 bridgehead atoms. The van der Waals surface area contributed by atoms with Crippen LogP contribution in [0.4, 0.5) is 5.69 Å². The third kappa shape index (κ3) is 4.99. The average Bonchev–Trinajstić information content (AvgIpc) is 3.49. The minimum atomic E-state index is -0.103. The second-order valence-electron chi connectivity index (χ2n) is 8.10. The fourth-order valence-electron chi connectivity index (χ4n) is 4.17. The highest BCUT2D eigenvalue weighted by Crippen LogP contribution is 2.38. The van der Waals surface area contributed by atoms with Gasteiger partial charge in [0.25, 0.3) is 0 Å². The highest BCUT2D eigenvalue weighted by molar-refractivity contribution is 5.90. The maximum Gasteiger partial charge on any atom is 0.246 e. The number of nitrogens with one attached hydrogen (secondary N) is 2. The fraction of sp³-hybridized carbons (Fsp3) is 0.500. The van der Waals surface area contributed by atoms with Gasteiger partial charge < -0.3 is 20.3 Å². The van der Waals surface area contributed by atoms with Crippen molar-refractivity contribution in [3.63, 3.8) is 0 Å². The number of anilines is 1. The molecular weight excluding hydrogens is 380 g/mol. The first-order valence-electron chi connectivity index (χ1n) is 10.6. The molecule has 2 N–H and O–H groups in total. The highest BCUT2D eigenvalue weighted by atomic mass is 16.5. The van der Waals surface area contributed by atoms with Crippen molar-refractivity contribution < 1.29 is 9.53 Å². The number of hydrogen-bond acceptors (Lipinski definition) is 4. The average molecular weight is 411 g/mol. The van der Waals surface area contributed by atoms with Crippen LogP contribution in [-0.2, 0) is 22.6 Å². The Kier molecular flexibility index (Phi) is 6.32. The number of ether oxygens (including phenoxy) is 1. The smallest absolute Gasteiger partial charge is 0.246 e. The minimum Gasteiger partial charge on any atom is -0.381 e. The van der Waals surface area contributed by atoms with Crippen molar-refractivity contribution in [2.75, 3.05) is 38.2 Å². The largest absolute Gasteiger partial charge is 0.381 e. The number of aliphatic imine (C=N–C) groups is 1. The summed E-state index contributed by atoms with van der Waals surface area (Å²) in [5.41, 5.74) is 2.13. The van der Waals surface area contributed by atoms with Crippen LogP contribution in [0, 0.1) is 5.41 Å². The normalized spacial score (nSPS) is 21.4. The second kappa shape index (κ2) is 9.30. The third-order valence-corrected chi connectivity index (χ3v) is 5.74. The lowest BCUT2D eigenvalue weighted by molar-refractivity contribution is -0.116. The van der Waals surface area contributed by atoms with Crippen LogP contribution < -0.4 is 10.6 Å². The van der Waals surface area contributed by atoms with E-state index in [1.54, 1.807) is 23.1 Å². The molecule has 0 saturated carbocycles. The quantitative estimate of drug-likeness (QED) is 0.563. The van der Waals surface area contributed by atoms with Gasteiger partial charge in [-0.1, -0.05) is 12.1 Å². The summed E-state index contributed by atoms with van der Waals surface area (Å²) < 4.78 is 7.25. The molecule has 4 rings (SSSR count). The van der Waals surface area contributed by atoms with E-state index in [4.69, 9.17) is 9.73 Å². The van der Waals surface area contributed by atoms with Gasteiger partial charge >= 0.3 is 0 Å². The van der Waals surface area contributed by atoms with E-state index in [-0.39, 0.29) is 12.5 Å². The number of guanidine groups is 1. The topological polar surface area (TPSA) is 83.8 Å². The van der Waals surface area contributed by atoms with E-state index in [0.717, 1.165) is 62.9 Å². The molecule has 1 amide bonds. The summed E-state index contributed by atoms with van der Waals surface area (Å²) in [5, 5.41) is 10.4. The van der Waals surface area contributed by atoms with Crippen molar-refractivity contribution in [1.82, 2.24) is 20.0 Å². The first kappa shape index (κ1) is 20.4. The zero-order valence-electron chi connectivity index (χ0n) is 17.5. The maximum atomic E-state index is 12.2. The van der Waals surface area contributed by atoms with Crippen molar-refractivity contribution >= 4 is 17.6 Å². The summed E-state index contributed by atoms with van der Waals surface area (Å²) in [6, 6.07) is 9.65. The van der Waals surface area contributed by atoms with E-state index in [9.17, 15) is 4.79 Å². The summed E-state index contributed by atoms with van der Waals surface area (Å²) in [7, 11) is 0. The lowest BCUT2D eigenvalue weighted by atomic mass is 9.87. The predicted molar refractivity (Wildman–Crippen MR) is 116 cm³/mol. The van der Waals surface area contributed by atoms with Gasteiger partial charge in [-0.05, 0) is 43.5 Å². The van der Waals surface area contributed by atoms with E-state index in [0.29, 0.717) is 12.0 Å². The first-order valence-corrected chi connectivity index (χ1v) is 10.6. The van der Waals surface area contributed by atoms with Crippen molar-refractivity contribution in [3.8, 4) is 0 Å². The summed E-state index contributed by atoms with van der Waals surface area (Å²) in [5.74, 6) is 0.850. The van der Waals surface area contributed by atoms with E-state index in [1.807, 2.05) is 24.3 Å². The number of carbonyl (C=O) groups is 1. The number of hydrogen-bond donors (Lipinski definition) is 2. The Labute approximate surface area is 177 Å². The molecule has 1 aromatic heterocycles. The number of carbonyl (C=O) groups excluding carboxylic acids is 1. The Morgan fingerprint density at radius 1 is 1.33 bits per heavy atom. The van der Waals surface area contributed by atoms with Crippen LogP contribution >= 0.6 is 0 Å². The van der Waals surface area contributed by atoms with Crippen LogP contribution in [0.1, 0.15) is 25.3 Å². The summed E-state index contributed by atoms with van der Waals surface area (Å²) >= 11 is 0. The molecule has 1 unspecified atom stereocenters. The second-order valence-corrected chi connectivity index (χ2v) is 8.10. The molecule has 8 heteroatoms. The SMILES string of the molecule is CCNC(=NCc1cccc(NC(=O)Cn2cccn2)c1)N1CCC2(CCOC2)C1. The monoisotopic (exact) mass is 410 g/mol. The predicted octanol–water partition coefficient (Wildman–Crippen LogP) is 2.10. The van der Waals surface area contributed by atoms with Gasteiger partial charge in [0.2, 0.25) is 5.91 Å². The molecule has 2 aliphatic heterocycles. The van der Waals surface area contributed by atoms with E-state index in [2.05, 4.69) is 27.6 Å². The molecule has 2 fully saturated rings. The van der Waals surface area contributed by atoms with Crippen molar-refractivity contribution in [2.45, 2.75) is 32.9 Å². The molecule has 30 heavy (non-hydrogen) atoms. The molecule has 2 saturated heterocycles. The Balaban J connectivity index is 1.38. The molecule has 0 aliphatic carbocycles. The van der Waals surface area contributed by atoms with Crippen LogP contribution in [0.5, 0.6) is 0 Å². The number of rotatable bonds is 6. The van der Waals surface area contributed by atoms with Crippen molar-refractivity contribution in [2.24, 2.45) is 10.4 Å². The van der Waals surface area contributed by atoms with Gasteiger partial charge in [0.15, 0.2) is 5.96 Å². The molecule has 8 nitrogen and oxygen atoms in total. The standard InChI is InChI=1S/C22H30N6O2/c1-2-23-21(27-11-7-22(16-27)8-12-30-17-22)24-14-18-5-3-6-19(13-18)26-20(29)15-28-10-4-9-25-28/h3-6,9-10,13H,2,7-8,11-12,14-17H2,1H3,(H,23,24)(H,26,29). The highest BCUT2D eigenvalue weighted by Gasteiger charge is 2.42. The van der Waals surface area contributed by atoms with E-state index < -0.39 is 0 Å². The zero-order chi connectivity index (χ0) is 20.8. The van der Waals surface area contributed by atoms with E-state index >= 15 is 0 Å². The molecule has 160 valence electrons. The lowest BCUT2D eigenvalue weighted by Gasteiger charge is -2.25. The van der Waals surface area contributed by atoms with Crippen molar-refractivity contribution in [1.29, 1.82) is 0 Å². The Hall–Kier alpha value is -2.87. The molecule has 2 aromatic rings. The molecule has 3 heterocycles. The summed E-state index contributed by atoms with van der Waals surface area (Å²) in [6.45, 7) is 7.44. The third-order valence-electron chi connectivity index (χ3n) is 5.74. The maximum absolute atomic E-state index is 12.2. The number of benzene rings is 1. The van der Waals surface area contributed by atoms with Gasteiger partial charge in [-0.25, -0.2) is 4.99 Å². The Bertz CT molecular complexity index is 874.